The van der Waals surface area contributed by atoms with Crippen molar-refractivity contribution in [2.45, 2.75) is 25.4 Å². The van der Waals surface area contributed by atoms with Gasteiger partial charge in [0.15, 0.2) is 11.1 Å². The van der Waals surface area contributed by atoms with E-state index in [1.54, 1.807) is 34.2 Å². The highest BCUT2D eigenvalue weighted by Crippen LogP contribution is 2.27. The van der Waals surface area contributed by atoms with Crippen LogP contribution in [0.1, 0.15) is 24.1 Å². The number of anilines is 1. The molecule has 11 heteroatoms. The lowest BCUT2D eigenvalue weighted by atomic mass is 10.0. The molecule has 176 valence electrons. The number of nitrogens with one attached hydrogen (secondary N) is 3. The molecule has 0 saturated heterocycles. The van der Waals surface area contributed by atoms with E-state index in [1.807, 2.05) is 22.9 Å². The number of benzene rings is 1. The molecule has 0 spiro atoms. The smallest absolute Gasteiger partial charge is 0.326 e. The van der Waals surface area contributed by atoms with E-state index in [1.165, 1.54) is 12.1 Å². The van der Waals surface area contributed by atoms with Crippen molar-refractivity contribution in [2.24, 2.45) is 4.99 Å². The Kier molecular flexibility index (Phi) is 5.18. The van der Waals surface area contributed by atoms with Gasteiger partial charge in [-0.2, -0.15) is 21.0 Å². The molecular weight excluding hydrogens is 469 g/mol. The molecule has 0 atom stereocenters. The first-order valence-electron chi connectivity index (χ1n) is 11.0. The zero-order valence-electron chi connectivity index (χ0n) is 18.3. The zero-order chi connectivity index (χ0) is 23.9. The van der Waals surface area contributed by atoms with E-state index in [0.717, 1.165) is 29.5 Å². The van der Waals surface area contributed by atoms with E-state index in [2.05, 4.69) is 20.4 Å². The number of imidazole rings is 1. The van der Waals surface area contributed by atoms with E-state index in [9.17, 15) is 14.3 Å². The van der Waals surface area contributed by atoms with Crippen molar-refractivity contribution < 1.29 is 9.50 Å². The van der Waals surface area contributed by atoms with Gasteiger partial charge in [-0.1, -0.05) is 6.07 Å². The van der Waals surface area contributed by atoms with Gasteiger partial charge in [0.25, 0.3) is 0 Å². The molecule has 6 rings (SSSR count). The van der Waals surface area contributed by atoms with E-state index in [0.29, 0.717) is 28.7 Å². The number of rotatable bonds is 6. The summed E-state index contributed by atoms with van der Waals surface area (Å²) < 4.78 is 15.6. The molecular formula is C24H20FN7O2S. The maximum Gasteiger partial charge on any atom is 0.326 e. The minimum Gasteiger partial charge on any atom is -0.493 e. The van der Waals surface area contributed by atoms with Crippen LogP contribution in [-0.2, 0) is 6.54 Å². The lowest BCUT2D eigenvalue weighted by Crippen LogP contribution is -2.20. The van der Waals surface area contributed by atoms with Crippen LogP contribution in [0.3, 0.4) is 0 Å². The largest absolute Gasteiger partial charge is 0.493 e. The summed E-state index contributed by atoms with van der Waals surface area (Å²) in [5, 5.41) is 22.3. The van der Waals surface area contributed by atoms with Crippen LogP contribution in [-0.4, -0.2) is 35.7 Å². The predicted octanol–water partition coefficient (Wildman–Crippen LogP) is 2.54. The topological polar surface area (TPSA) is 123 Å². The Labute approximate surface area is 201 Å². The van der Waals surface area contributed by atoms with Gasteiger partial charge >= 0.3 is 5.69 Å². The highest BCUT2D eigenvalue weighted by Gasteiger charge is 2.20. The monoisotopic (exact) mass is 489 g/mol. The molecule has 5 aromatic rings. The summed E-state index contributed by atoms with van der Waals surface area (Å²) in [6.45, 7) is 0.427. The van der Waals surface area contributed by atoms with Crippen LogP contribution in [0, 0.1) is 5.82 Å². The molecule has 4 N–H and O–H groups in total. The molecule has 1 saturated carbocycles. The van der Waals surface area contributed by atoms with Crippen molar-refractivity contribution >= 4 is 28.9 Å². The third kappa shape index (κ3) is 4.33. The number of hydrogen-bond donors (Lipinski definition) is 4. The number of H-pyrrole nitrogens is 2. The Balaban J connectivity index is 1.41. The number of aromatic nitrogens is 5. The van der Waals surface area contributed by atoms with Crippen molar-refractivity contribution in [1.82, 2.24) is 24.6 Å². The number of hydrogen-bond acceptors (Lipinski definition) is 7. The summed E-state index contributed by atoms with van der Waals surface area (Å²) in [6.07, 6.45) is 5.27. The fourth-order valence-corrected chi connectivity index (χ4v) is 4.52. The third-order valence-corrected chi connectivity index (χ3v) is 6.42. The molecule has 0 amide bonds. The summed E-state index contributed by atoms with van der Waals surface area (Å²) in [5.41, 5.74) is 3.63. The van der Waals surface area contributed by atoms with Crippen LogP contribution in [0.5, 0.6) is 5.88 Å². The summed E-state index contributed by atoms with van der Waals surface area (Å²) in [7, 11) is 0. The summed E-state index contributed by atoms with van der Waals surface area (Å²) in [5.74, 6) is 0.0359. The molecule has 9 nitrogen and oxygen atoms in total. The molecule has 1 aromatic carbocycles. The van der Waals surface area contributed by atoms with Crippen LogP contribution in [0.25, 0.3) is 22.9 Å². The van der Waals surface area contributed by atoms with Gasteiger partial charge in [0.1, 0.15) is 17.3 Å². The molecule has 0 unspecified atom stereocenters. The first-order valence-corrected chi connectivity index (χ1v) is 12.0. The van der Waals surface area contributed by atoms with Gasteiger partial charge < -0.3 is 15.4 Å². The van der Waals surface area contributed by atoms with Crippen molar-refractivity contribution in [3.05, 3.63) is 85.6 Å². The van der Waals surface area contributed by atoms with E-state index in [4.69, 9.17) is 9.98 Å². The van der Waals surface area contributed by atoms with E-state index in [-0.39, 0.29) is 23.4 Å². The molecule has 1 aliphatic rings. The minimum atomic E-state index is -0.509. The fraction of sp³-hybridized carbons (Fsp3) is 0.167. The molecule has 4 heterocycles. The van der Waals surface area contributed by atoms with Crippen molar-refractivity contribution in [3.63, 3.8) is 0 Å². The van der Waals surface area contributed by atoms with Gasteiger partial charge in [-0.25, -0.2) is 14.2 Å². The second-order valence-electron chi connectivity index (χ2n) is 8.35. The number of nitrogens with zero attached hydrogens (tertiary/aromatic N) is 4. The molecule has 4 aromatic heterocycles. The Morgan fingerprint density at radius 3 is 2.91 bits per heavy atom. The minimum absolute atomic E-state index is 0.234. The summed E-state index contributed by atoms with van der Waals surface area (Å²) in [4.78, 5) is 25.8. The SMILES string of the molecule is O=c1[nH]c(O)c(C=c2cnn3c(=NC4CC4)cc(NCc4ccc(F)cc4-c4ccsc4)nc23)[nH]1. The zero-order valence-corrected chi connectivity index (χ0v) is 19.1. The van der Waals surface area contributed by atoms with Gasteiger partial charge in [0.05, 0.1) is 12.2 Å². The van der Waals surface area contributed by atoms with Gasteiger partial charge in [-0.3, -0.25) is 9.98 Å². The fourth-order valence-electron chi connectivity index (χ4n) is 3.86. The highest BCUT2D eigenvalue weighted by molar-refractivity contribution is 7.08. The third-order valence-electron chi connectivity index (χ3n) is 5.74. The van der Waals surface area contributed by atoms with Crippen LogP contribution >= 0.6 is 11.3 Å². The lowest BCUT2D eigenvalue weighted by molar-refractivity contribution is 0.454. The normalized spacial score (nSPS) is 14.8. The standard InChI is InChI=1S/C24H20FN7O2S/c25-16-2-1-13(18(8-16)14-5-6-35-12-14)10-26-20-9-21(28-17-3-4-17)32-22(30-20)15(11-27-32)7-19-23(33)31-24(34)29-19/h1-2,5-9,11-12,17,26,33H,3-4,10H2,(H2,29,31,34). The summed E-state index contributed by atoms with van der Waals surface area (Å²) in [6, 6.07) is 8.83. The van der Waals surface area contributed by atoms with Gasteiger partial charge in [0, 0.05) is 17.8 Å². The number of fused-ring (bicyclic) bond motifs is 1. The average Bonchev–Trinajstić information content (AvgIpc) is 3.19. The Bertz CT molecular complexity index is 1710. The Morgan fingerprint density at radius 1 is 1.29 bits per heavy atom. The average molecular weight is 490 g/mol. The second kappa shape index (κ2) is 8.51. The number of aromatic hydroxyl groups is 1. The van der Waals surface area contributed by atoms with Crippen molar-refractivity contribution in [3.8, 4) is 17.0 Å². The molecule has 1 fully saturated rings. The summed E-state index contributed by atoms with van der Waals surface area (Å²) >= 11 is 1.56. The molecule has 0 bridgehead atoms. The molecule has 1 aliphatic carbocycles. The lowest BCUT2D eigenvalue weighted by Gasteiger charge is -2.11. The van der Waals surface area contributed by atoms with Gasteiger partial charge in [-0.15, -0.1) is 0 Å². The number of halogens is 1. The maximum atomic E-state index is 14.0. The quantitative estimate of drug-likeness (QED) is 0.292. The number of thiophene rings is 1. The molecule has 0 radical (unpaired) electrons. The first kappa shape index (κ1) is 21.3. The molecule has 35 heavy (non-hydrogen) atoms. The predicted molar refractivity (Wildman–Crippen MR) is 130 cm³/mol. The number of aromatic amines is 2. The van der Waals surface area contributed by atoms with Crippen LogP contribution in [0.2, 0.25) is 0 Å². The van der Waals surface area contributed by atoms with Crippen LogP contribution < -0.4 is 21.7 Å². The first-order chi connectivity index (χ1) is 17.0. The maximum absolute atomic E-state index is 14.0. The van der Waals surface area contributed by atoms with Gasteiger partial charge in [-0.05, 0) is 64.6 Å². The highest BCUT2D eigenvalue weighted by atomic mass is 32.1. The van der Waals surface area contributed by atoms with Crippen LogP contribution in [0.4, 0.5) is 10.2 Å². The van der Waals surface area contributed by atoms with E-state index < -0.39 is 5.69 Å². The van der Waals surface area contributed by atoms with E-state index >= 15 is 0 Å². The Morgan fingerprint density at radius 2 is 2.17 bits per heavy atom. The van der Waals surface area contributed by atoms with Gasteiger partial charge in [0.2, 0.25) is 5.88 Å². The van der Waals surface area contributed by atoms with Crippen LogP contribution in [0.15, 0.2) is 57.1 Å². The van der Waals surface area contributed by atoms with Crippen molar-refractivity contribution in [1.29, 1.82) is 0 Å². The Hall–Kier alpha value is -4.25. The molecule has 0 aliphatic heterocycles. The van der Waals surface area contributed by atoms with Crippen molar-refractivity contribution in [2.75, 3.05) is 5.32 Å². The second-order valence-corrected chi connectivity index (χ2v) is 9.13.